The monoisotopic (exact) mass is 160 g/mol. The van der Waals surface area contributed by atoms with Crippen LogP contribution in [0.3, 0.4) is 0 Å². The molecular formula is C8H13ClO. The van der Waals surface area contributed by atoms with Crippen molar-refractivity contribution in [3.8, 4) is 0 Å². The molecule has 58 valence electrons. The predicted molar refractivity (Wildman–Crippen MR) is 43.5 cm³/mol. The van der Waals surface area contributed by atoms with Crippen LogP contribution in [-0.4, -0.2) is 18.6 Å². The van der Waals surface area contributed by atoms with Crippen LogP contribution in [0, 0.1) is 0 Å². The second kappa shape index (κ2) is 4.75. The van der Waals surface area contributed by atoms with Gasteiger partial charge < -0.3 is 4.74 Å². The molecule has 2 heteroatoms. The zero-order chi connectivity index (χ0) is 7.23. The van der Waals surface area contributed by atoms with Crippen LogP contribution >= 0.6 is 11.6 Å². The Labute approximate surface area is 67.0 Å². The Kier molecular flexibility index (Phi) is 3.84. The lowest BCUT2D eigenvalue weighted by Crippen LogP contribution is -2.13. The van der Waals surface area contributed by atoms with E-state index in [2.05, 4.69) is 12.2 Å². The maximum atomic E-state index is 5.47. The molecule has 1 nitrogen and oxygen atoms in total. The van der Waals surface area contributed by atoms with Gasteiger partial charge in [-0.2, -0.15) is 0 Å². The highest BCUT2D eigenvalue weighted by atomic mass is 35.5. The molecule has 0 amide bonds. The van der Waals surface area contributed by atoms with Gasteiger partial charge >= 0.3 is 0 Å². The van der Waals surface area contributed by atoms with Gasteiger partial charge in [0.1, 0.15) is 0 Å². The summed E-state index contributed by atoms with van der Waals surface area (Å²) in [7, 11) is 0. The fourth-order valence-electron chi connectivity index (χ4n) is 1.12. The Balaban J connectivity index is 2.13. The van der Waals surface area contributed by atoms with E-state index in [4.69, 9.17) is 16.3 Å². The number of rotatable bonds is 3. The largest absolute Gasteiger partial charge is 0.373 e. The van der Waals surface area contributed by atoms with Crippen molar-refractivity contribution in [2.24, 2.45) is 0 Å². The van der Waals surface area contributed by atoms with E-state index < -0.39 is 0 Å². The fourth-order valence-corrected chi connectivity index (χ4v) is 1.21. The first-order valence-electron chi connectivity index (χ1n) is 3.77. The molecule has 1 aliphatic rings. The highest BCUT2D eigenvalue weighted by molar-refractivity contribution is 6.17. The Morgan fingerprint density at radius 1 is 1.60 bits per heavy atom. The highest BCUT2D eigenvalue weighted by Gasteiger charge is 2.06. The van der Waals surface area contributed by atoms with Crippen molar-refractivity contribution < 1.29 is 4.74 Å². The van der Waals surface area contributed by atoms with E-state index in [1.807, 2.05) is 0 Å². The van der Waals surface area contributed by atoms with Crippen molar-refractivity contribution in [2.45, 2.75) is 25.4 Å². The van der Waals surface area contributed by atoms with Gasteiger partial charge in [-0.25, -0.2) is 0 Å². The van der Waals surface area contributed by atoms with Crippen LogP contribution < -0.4 is 0 Å². The van der Waals surface area contributed by atoms with Crippen molar-refractivity contribution in [1.29, 1.82) is 0 Å². The van der Waals surface area contributed by atoms with Gasteiger partial charge in [0.05, 0.1) is 12.7 Å². The summed E-state index contributed by atoms with van der Waals surface area (Å²) in [6.07, 6.45) is 8.28. The second-order valence-electron chi connectivity index (χ2n) is 2.46. The Morgan fingerprint density at radius 2 is 2.50 bits per heavy atom. The molecule has 0 spiro atoms. The maximum Gasteiger partial charge on any atom is 0.0756 e. The lowest BCUT2D eigenvalue weighted by Gasteiger charge is -2.15. The van der Waals surface area contributed by atoms with Gasteiger partial charge in [-0.15, -0.1) is 11.6 Å². The minimum Gasteiger partial charge on any atom is -0.373 e. The van der Waals surface area contributed by atoms with E-state index >= 15 is 0 Å². The number of halogens is 1. The van der Waals surface area contributed by atoms with E-state index in [1.54, 1.807) is 0 Å². The molecule has 0 aliphatic heterocycles. The summed E-state index contributed by atoms with van der Waals surface area (Å²) < 4.78 is 5.41. The van der Waals surface area contributed by atoms with Crippen LogP contribution in [-0.2, 0) is 4.74 Å². The van der Waals surface area contributed by atoms with Crippen LogP contribution in [0.25, 0.3) is 0 Å². The molecule has 0 saturated carbocycles. The third-order valence-electron chi connectivity index (χ3n) is 1.62. The molecule has 0 radical (unpaired) electrons. The quantitative estimate of drug-likeness (QED) is 0.455. The first-order chi connectivity index (χ1) is 4.93. The van der Waals surface area contributed by atoms with Crippen molar-refractivity contribution in [2.75, 3.05) is 12.5 Å². The molecular weight excluding hydrogens is 148 g/mol. The van der Waals surface area contributed by atoms with Crippen molar-refractivity contribution >= 4 is 11.6 Å². The summed E-state index contributed by atoms with van der Waals surface area (Å²) in [5, 5.41) is 0. The van der Waals surface area contributed by atoms with E-state index in [0.717, 1.165) is 6.42 Å². The number of allylic oxidation sites excluding steroid dienone is 1. The van der Waals surface area contributed by atoms with Crippen LogP contribution in [0.15, 0.2) is 12.2 Å². The molecule has 0 aromatic heterocycles. The lowest BCUT2D eigenvalue weighted by molar-refractivity contribution is 0.0874. The number of ether oxygens (including phenoxy) is 1. The van der Waals surface area contributed by atoms with Crippen LogP contribution in [0.5, 0.6) is 0 Å². The first-order valence-corrected chi connectivity index (χ1v) is 4.31. The molecule has 0 aromatic rings. The Hall–Kier alpha value is -0.0100. The average Bonchev–Trinajstić information content (AvgIpc) is 2.03. The predicted octanol–water partition coefficient (Wildman–Crippen LogP) is 2.35. The minimum atomic E-state index is 0.340. The van der Waals surface area contributed by atoms with Crippen LogP contribution in [0.1, 0.15) is 19.3 Å². The van der Waals surface area contributed by atoms with Gasteiger partial charge in [-0.05, 0) is 19.3 Å². The SMILES string of the molecule is ClCCOC1C=CCCC1. The number of alkyl halides is 1. The summed E-state index contributed by atoms with van der Waals surface area (Å²) in [6, 6.07) is 0. The Bertz CT molecular complexity index is 112. The summed E-state index contributed by atoms with van der Waals surface area (Å²) >= 11 is 5.47. The normalized spacial score (nSPS) is 25.1. The molecule has 0 fully saturated rings. The van der Waals surface area contributed by atoms with Gasteiger partial charge in [0.15, 0.2) is 0 Å². The first kappa shape index (κ1) is 8.09. The minimum absolute atomic E-state index is 0.340. The molecule has 0 heterocycles. The maximum absolute atomic E-state index is 5.47. The molecule has 1 atom stereocenters. The number of hydrogen-bond acceptors (Lipinski definition) is 1. The standard InChI is InChI=1S/C8H13ClO/c9-6-7-10-8-4-2-1-3-5-8/h2,4,8H,1,3,5-7H2. The Morgan fingerprint density at radius 3 is 3.10 bits per heavy atom. The van der Waals surface area contributed by atoms with Gasteiger partial charge in [0.25, 0.3) is 0 Å². The molecule has 1 aliphatic carbocycles. The summed E-state index contributed by atoms with van der Waals surface area (Å²) in [5.41, 5.74) is 0. The van der Waals surface area contributed by atoms with Crippen LogP contribution in [0.2, 0.25) is 0 Å². The zero-order valence-electron chi connectivity index (χ0n) is 6.05. The van der Waals surface area contributed by atoms with E-state index in [0.29, 0.717) is 18.6 Å². The fraction of sp³-hybridized carbons (Fsp3) is 0.750. The van der Waals surface area contributed by atoms with Gasteiger partial charge in [-0.1, -0.05) is 12.2 Å². The molecule has 0 aromatic carbocycles. The van der Waals surface area contributed by atoms with Crippen molar-refractivity contribution in [3.63, 3.8) is 0 Å². The smallest absolute Gasteiger partial charge is 0.0756 e. The third kappa shape index (κ3) is 2.72. The number of hydrogen-bond donors (Lipinski definition) is 0. The summed E-state index contributed by atoms with van der Waals surface area (Å²) in [5.74, 6) is 0.602. The van der Waals surface area contributed by atoms with E-state index in [1.165, 1.54) is 12.8 Å². The van der Waals surface area contributed by atoms with Gasteiger partial charge in [-0.3, -0.25) is 0 Å². The zero-order valence-corrected chi connectivity index (χ0v) is 6.81. The van der Waals surface area contributed by atoms with E-state index in [9.17, 15) is 0 Å². The second-order valence-corrected chi connectivity index (χ2v) is 2.84. The molecule has 1 unspecified atom stereocenters. The van der Waals surface area contributed by atoms with Gasteiger partial charge in [0.2, 0.25) is 0 Å². The molecule has 1 rings (SSSR count). The summed E-state index contributed by atoms with van der Waals surface area (Å²) in [4.78, 5) is 0. The summed E-state index contributed by atoms with van der Waals surface area (Å²) in [6.45, 7) is 0.677. The van der Waals surface area contributed by atoms with E-state index in [-0.39, 0.29) is 0 Å². The highest BCUT2D eigenvalue weighted by Crippen LogP contribution is 2.12. The average molecular weight is 161 g/mol. The topological polar surface area (TPSA) is 9.23 Å². The molecule has 0 saturated heterocycles. The molecule has 0 N–H and O–H groups in total. The molecule has 10 heavy (non-hydrogen) atoms. The van der Waals surface area contributed by atoms with Crippen molar-refractivity contribution in [1.82, 2.24) is 0 Å². The lowest BCUT2D eigenvalue weighted by atomic mass is 10.1. The van der Waals surface area contributed by atoms with Crippen molar-refractivity contribution in [3.05, 3.63) is 12.2 Å². The van der Waals surface area contributed by atoms with Gasteiger partial charge in [0, 0.05) is 5.88 Å². The van der Waals surface area contributed by atoms with Crippen LogP contribution in [0.4, 0.5) is 0 Å². The third-order valence-corrected chi connectivity index (χ3v) is 1.77. The molecule has 0 bridgehead atoms.